The molecule has 0 unspecified atom stereocenters. The SMILES string of the molecule is COc1ccc(OC)c(NC(N)=NCCOc2ccc(Br)cc2)c1. The summed E-state index contributed by atoms with van der Waals surface area (Å²) in [5.41, 5.74) is 6.59. The van der Waals surface area contributed by atoms with E-state index in [1.165, 1.54) is 0 Å². The van der Waals surface area contributed by atoms with Gasteiger partial charge in [0.15, 0.2) is 5.96 Å². The van der Waals surface area contributed by atoms with Gasteiger partial charge in [-0.15, -0.1) is 0 Å². The molecule has 0 radical (unpaired) electrons. The van der Waals surface area contributed by atoms with Crippen molar-refractivity contribution in [3.63, 3.8) is 0 Å². The molecule has 7 heteroatoms. The minimum Gasteiger partial charge on any atom is -0.497 e. The van der Waals surface area contributed by atoms with Gasteiger partial charge in [-0.3, -0.25) is 0 Å². The second-order valence-electron chi connectivity index (χ2n) is 4.76. The van der Waals surface area contributed by atoms with Crippen molar-refractivity contribution in [2.24, 2.45) is 10.7 Å². The van der Waals surface area contributed by atoms with Crippen LogP contribution >= 0.6 is 15.9 Å². The van der Waals surface area contributed by atoms with Crippen molar-refractivity contribution in [3.05, 3.63) is 46.9 Å². The van der Waals surface area contributed by atoms with Crippen LogP contribution in [0.2, 0.25) is 0 Å². The summed E-state index contributed by atoms with van der Waals surface area (Å²) < 4.78 is 17.1. The predicted molar refractivity (Wildman–Crippen MR) is 99.3 cm³/mol. The lowest BCUT2D eigenvalue weighted by atomic mass is 10.2. The second kappa shape index (κ2) is 9.02. The van der Waals surface area contributed by atoms with Crippen molar-refractivity contribution in [2.75, 3.05) is 32.7 Å². The summed E-state index contributed by atoms with van der Waals surface area (Å²) in [6.45, 7) is 0.862. The highest BCUT2D eigenvalue weighted by Gasteiger charge is 2.06. The number of nitrogens with zero attached hydrogens (tertiary/aromatic N) is 1. The van der Waals surface area contributed by atoms with Gasteiger partial charge in [0.25, 0.3) is 0 Å². The molecular formula is C17H20BrN3O3. The first kappa shape index (κ1) is 17.9. The quantitative estimate of drug-likeness (QED) is 0.428. The van der Waals surface area contributed by atoms with Crippen LogP contribution in [0.4, 0.5) is 5.69 Å². The molecular weight excluding hydrogens is 374 g/mol. The number of ether oxygens (including phenoxy) is 3. The third-order valence-electron chi connectivity index (χ3n) is 3.13. The lowest BCUT2D eigenvalue weighted by molar-refractivity contribution is 0.328. The summed E-state index contributed by atoms with van der Waals surface area (Å²) in [7, 11) is 3.19. The normalized spacial score (nSPS) is 11.0. The van der Waals surface area contributed by atoms with E-state index in [1.807, 2.05) is 30.3 Å². The van der Waals surface area contributed by atoms with Crippen LogP contribution in [0, 0.1) is 0 Å². The molecule has 0 atom stereocenters. The molecule has 0 aliphatic heterocycles. The Morgan fingerprint density at radius 1 is 1.08 bits per heavy atom. The zero-order valence-corrected chi connectivity index (χ0v) is 15.2. The van der Waals surface area contributed by atoms with Crippen molar-refractivity contribution in [2.45, 2.75) is 0 Å². The van der Waals surface area contributed by atoms with E-state index in [4.69, 9.17) is 19.9 Å². The summed E-state index contributed by atoms with van der Waals surface area (Å²) in [6.07, 6.45) is 0. The standard InChI is InChI=1S/C17H20BrN3O3/c1-22-14-7-8-16(23-2)15(11-14)21-17(19)20-9-10-24-13-5-3-12(18)4-6-13/h3-8,11H,9-10H2,1-2H3,(H3,19,20,21). The monoisotopic (exact) mass is 393 g/mol. The van der Waals surface area contributed by atoms with Crippen LogP contribution in [-0.2, 0) is 0 Å². The van der Waals surface area contributed by atoms with Crippen LogP contribution in [0.5, 0.6) is 17.2 Å². The van der Waals surface area contributed by atoms with Gasteiger partial charge in [0.2, 0.25) is 0 Å². The highest BCUT2D eigenvalue weighted by atomic mass is 79.9. The maximum atomic E-state index is 5.90. The molecule has 128 valence electrons. The Kier molecular flexibility index (Phi) is 6.74. The van der Waals surface area contributed by atoms with Crippen LogP contribution in [0.3, 0.4) is 0 Å². The highest BCUT2D eigenvalue weighted by Crippen LogP contribution is 2.28. The van der Waals surface area contributed by atoms with Gasteiger partial charge >= 0.3 is 0 Å². The van der Waals surface area contributed by atoms with Crippen LogP contribution in [0.15, 0.2) is 51.9 Å². The van der Waals surface area contributed by atoms with E-state index in [9.17, 15) is 0 Å². The lowest BCUT2D eigenvalue weighted by Gasteiger charge is -2.12. The van der Waals surface area contributed by atoms with Gasteiger partial charge in [0.05, 0.1) is 26.5 Å². The summed E-state index contributed by atoms with van der Waals surface area (Å²) in [6, 6.07) is 13.0. The number of methoxy groups -OCH3 is 2. The van der Waals surface area contributed by atoms with E-state index in [-0.39, 0.29) is 5.96 Å². The molecule has 2 aromatic carbocycles. The molecule has 0 spiro atoms. The number of nitrogens with two attached hydrogens (primary N) is 1. The number of hydrogen-bond acceptors (Lipinski definition) is 4. The molecule has 0 saturated heterocycles. The Morgan fingerprint density at radius 2 is 1.79 bits per heavy atom. The van der Waals surface area contributed by atoms with Gasteiger partial charge in [-0.05, 0) is 36.4 Å². The van der Waals surface area contributed by atoms with E-state index in [1.54, 1.807) is 26.4 Å². The molecule has 0 aliphatic rings. The van der Waals surface area contributed by atoms with Gasteiger partial charge in [0, 0.05) is 10.5 Å². The number of aliphatic imine (C=N–C) groups is 1. The van der Waals surface area contributed by atoms with Crippen molar-refractivity contribution in [1.82, 2.24) is 0 Å². The largest absolute Gasteiger partial charge is 0.497 e. The maximum Gasteiger partial charge on any atom is 0.193 e. The minimum atomic E-state index is 0.279. The number of benzene rings is 2. The minimum absolute atomic E-state index is 0.279. The van der Waals surface area contributed by atoms with E-state index < -0.39 is 0 Å². The Morgan fingerprint density at radius 3 is 2.46 bits per heavy atom. The Balaban J connectivity index is 1.88. The molecule has 0 aromatic heterocycles. The van der Waals surface area contributed by atoms with Crippen LogP contribution in [0.1, 0.15) is 0 Å². The first-order valence-corrected chi connectivity index (χ1v) is 8.09. The van der Waals surface area contributed by atoms with Crippen LogP contribution in [-0.4, -0.2) is 33.3 Å². The zero-order chi connectivity index (χ0) is 17.4. The topological polar surface area (TPSA) is 78.1 Å². The summed E-state index contributed by atoms with van der Waals surface area (Å²) >= 11 is 3.38. The van der Waals surface area contributed by atoms with Crippen LogP contribution in [0.25, 0.3) is 0 Å². The second-order valence-corrected chi connectivity index (χ2v) is 5.68. The Hall–Kier alpha value is -2.41. The first-order valence-electron chi connectivity index (χ1n) is 7.29. The predicted octanol–water partition coefficient (Wildman–Crippen LogP) is 3.27. The number of halogens is 1. The number of rotatable bonds is 7. The summed E-state index contributed by atoms with van der Waals surface area (Å²) in [5, 5.41) is 3.00. The summed E-state index contributed by atoms with van der Waals surface area (Å²) in [5.74, 6) is 2.42. The fraction of sp³-hybridized carbons (Fsp3) is 0.235. The van der Waals surface area contributed by atoms with Gasteiger partial charge in [0.1, 0.15) is 23.9 Å². The van der Waals surface area contributed by atoms with Crippen molar-refractivity contribution in [1.29, 1.82) is 0 Å². The lowest BCUT2D eigenvalue weighted by Crippen LogP contribution is -2.24. The third kappa shape index (κ3) is 5.34. The Bertz CT molecular complexity index is 690. The molecule has 0 amide bonds. The first-order chi connectivity index (χ1) is 11.6. The molecule has 0 bridgehead atoms. The van der Waals surface area contributed by atoms with Crippen molar-refractivity contribution >= 4 is 27.6 Å². The number of guanidine groups is 1. The van der Waals surface area contributed by atoms with Gasteiger partial charge in [-0.1, -0.05) is 15.9 Å². The molecule has 24 heavy (non-hydrogen) atoms. The molecule has 3 N–H and O–H groups in total. The van der Waals surface area contributed by atoms with E-state index in [0.717, 1.165) is 10.2 Å². The Labute approximate surface area is 149 Å². The van der Waals surface area contributed by atoms with E-state index >= 15 is 0 Å². The molecule has 0 heterocycles. The fourth-order valence-corrected chi connectivity index (χ4v) is 2.21. The number of anilines is 1. The average Bonchev–Trinajstić information content (AvgIpc) is 2.60. The van der Waals surface area contributed by atoms with E-state index in [0.29, 0.717) is 30.3 Å². The molecule has 0 aliphatic carbocycles. The smallest absolute Gasteiger partial charge is 0.193 e. The zero-order valence-electron chi connectivity index (χ0n) is 13.6. The van der Waals surface area contributed by atoms with Gasteiger partial charge in [-0.25, -0.2) is 4.99 Å². The van der Waals surface area contributed by atoms with Crippen LogP contribution < -0.4 is 25.3 Å². The molecule has 6 nitrogen and oxygen atoms in total. The molecule has 0 saturated carbocycles. The molecule has 2 aromatic rings. The number of nitrogens with one attached hydrogen (secondary N) is 1. The third-order valence-corrected chi connectivity index (χ3v) is 3.65. The van der Waals surface area contributed by atoms with Gasteiger partial charge in [-0.2, -0.15) is 0 Å². The van der Waals surface area contributed by atoms with E-state index in [2.05, 4.69) is 26.2 Å². The van der Waals surface area contributed by atoms with Crippen molar-refractivity contribution < 1.29 is 14.2 Å². The maximum absolute atomic E-state index is 5.90. The highest BCUT2D eigenvalue weighted by molar-refractivity contribution is 9.10. The average molecular weight is 394 g/mol. The fourth-order valence-electron chi connectivity index (χ4n) is 1.95. The molecule has 2 rings (SSSR count). The molecule has 0 fully saturated rings. The number of hydrogen-bond donors (Lipinski definition) is 2. The van der Waals surface area contributed by atoms with Gasteiger partial charge < -0.3 is 25.3 Å². The van der Waals surface area contributed by atoms with Crippen molar-refractivity contribution in [3.8, 4) is 17.2 Å². The summed E-state index contributed by atoms with van der Waals surface area (Å²) in [4.78, 5) is 4.24.